The second kappa shape index (κ2) is 15.2. The standard InChI is InChI=1S/C17H30N4O4S/c1-3-26-11-6-4-5-9-15(23)20-12-16(24)21-14(13(2)22)8-7-10-19-17(18)25/h3,14H,1,4-12H2,2H3,(H,20,23)(H,21,24)(H3,18,19,25). The number of urea groups is 1. The molecule has 9 heteroatoms. The van der Waals surface area contributed by atoms with Gasteiger partial charge in [0.2, 0.25) is 11.8 Å². The fourth-order valence-corrected chi connectivity index (χ4v) is 2.68. The fraction of sp³-hybridized carbons (Fsp3) is 0.647. The van der Waals surface area contributed by atoms with E-state index in [-0.39, 0.29) is 18.2 Å². The van der Waals surface area contributed by atoms with E-state index in [2.05, 4.69) is 22.5 Å². The van der Waals surface area contributed by atoms with Crippen LogP contribution in [0.3, 0.4) is 0 Å². The lowest BCUT2D eigenvalue weighted by atomic mass is 10.1. The molecule has 0 aliphatic rings. The predicted molar refractivity (Wildman–Crippen MR) is 104 cm³/mol. The minimum atomic E-state index is -0.642. The molecule has 0 aromatic heterocycles. The first-order valence-electron chi connectivity index (χ1n) is 8.69. The van der Waals surface area contributed by atoms with E-state index >= 15 is 0 Å². The van der Waals surface area contributed by atoms with Crippen LogP contribution in [0.1, 0.15) is 45.4 Å². The van der Waals surface area contributed by atoms with E-state index in [9.17, 15) is 19.2 Å². The number of amides is 4. The number of hydrogen-bond acceptors (Lipinski definition) is 5. The second-order valence-corrected chi connectivity index (χ2v) is 6.86. The van der Waals surface area contributed by atoms with Gasteiger partial charge in [0.25, 0.3) is 0 Å². The maximum absolute atomic E-state index is 11.9. The van der Waals surface area contributed by atoms with E-state index in [1.807, 2.05) is 0 Å². The Morgan fingerprint density at radius 1 is 1.08 bits per heavy atom. The Morgan fingerprint density at radius 2 is 1.81 bits per heavy atom. The van der Waals surface area contributed by atoms with Crippen molar-refractivity contribution in [2.75, 3.05) is 18.8 Å². The SMILES string of the molecule is C=CSCCCCCC(=O)NCC(=O)NC(CCCNC(N)=O)C(C)=O. The molecule has 8 nitrogen and oxygen atoms in total. The van der Waals surface area contributed by atoms with Gasteiger partial charge >= 0.3 is 6.03 Å². The Morgan fingerprint density at radius 3 is 2.42 bits per heavy atom. The van der Waals surface area contributed by atoms with Crippen molar-refractivity contribution >= 4 is 35.4 Å². The Bertz CT molecular complexity index is 485. The van der Waals surface area contributed by atoms with E-state index in [4.69, 9.17) is 5.73 Å². The van der Waals surface area contributed by atoms with Gasteiger partial charge in [0.05, 0.1) is 12.6 Å². The largest absolute Gasteiger partial charge is 0.352 e. The molecule has 0 spiro atoms. The number of carbonyl (C=O) groups excluding carboxylic acids is 4. The van der Waals surface area contributed by atoms with Gasteiger partial charge in [0, 0.05) is 13.0 Å². The topological polar surface area (TPSA) is 130 Å². The zero-order valence-corrected chi connectivity index (χ0v) is 16.2. The minimum absolute atomic E-state index is 0.158. The molecule has 0 radical (unpaired) electrons. The Kier molecular flexibility index (Phi) is 14.1. The molecule has 5 N–H and O–H groups in total. The van der Waals surface area contributed by atoms with Gasteiger partial charge in [-0.1, -0.05) is 13.0 Å². The normalized spacial score (nSPS) is 11.3. The molecule has 0 aromatic rings. The average molecular weight is 387 g/mol. The van der Waals surface area contributed by atoms with Gasteiger partial charge in [-0.2, -0.15) is 0 Å². The molecule has 0 fully saturated rings. The summed E-state index contributed by atoms with van der Waals surface area (Å²) >= 11 is 1.65. The first-order valence-corrected chi connectivity index (χ1v) is 9.74. The molecular weight excluding hydrogens is 356 g/mol. The van der Waals surface area contributed by atoms with Crippen LogP contribution in [0.15, 0.2) is 12.0 Å². The maximum Gasteiger partial charge on any atom is 0.312 e. The third-order valence-corrected chi connectivity index (χ3v) is 4.28. The quantitative estimate of drug-likeness (QED) is 0.313. The monoisotopic (exact) mass is 386 g/mol. The molecule has 1 atom stereocenters. The number of carbonyl (C=O) groups is 4. The summed E-state index contributed by atoms with van der Waals surface area (Å²) in [6, 6.07) is -1.27. The van der Waals surface area contributed by atoms with Crippen LogP contribution < -0.4 is 21.7 Å². The van der Waals surface area contributed by atoms with Crippen molar-refractivity contribution in [3.63, 3.8) is 0 Å². The zero-order chi connectivity index (χ0) is 19.8. The number of unbranched alkanes of at least 4 members (excludes halogenated alkanes) is 2. The minimum Gasteiger partial charge on any atom is -0.352 e. The molecule has 0 rings (SSSR count). The van der Waals surface area contributed by atoms with Gasteiger partial charge in [0.1, 0.15) is 0 Å². The Balaban J connectivity index is 3.93. The van der Waals surface area contributed by atoms with Crippen LogP contribution >= 0.6 is 11.8 Å². The molecule has 0 heterocycles. The van der Waals surface area contributed by atoms with E-state index in [0.29, 0.717) is 25.8 Å². The van der Waals surface area contributed by atoms with Crippen molar-refractivity contribution in [3.8, 4) is 0 Å². The van der Waals surface area contributed by atoms with Gasteiger partial charge in [-0.3, -0.25) is 14.4 Å². The molecule has 1 unspecified atom stereocenters. The second-order valence-electron chi connectivity index (χ2n) is 5.79. The summed E-state index contributed by atoms with van der Waals surface area (Å²) in [5, 5.41) is 9.36. The van der Waals surface area contributed by atoms with Gasteiger partial charge in [-0.15, -0.1) is 11.8 Å². The van der Waals surface area contributed by atoms with E-state index < -0.39 is 18.0 Å². The van der Waals surface area contributed by atoms with Crippen LogP contribution in [0.2, 0.25) is 0 Å². The smallest absolute Gasteiger partial charge is 0.312 e. The predicted octanol–water partition coefficient (Wildman–Crippen LogP) is 1.06. The van der Waals surface area contributed by atoms with Crippen LogP contribution in [0.4, 0.5) is 4.79 Å². The highest BCUT2D eigenvalue weighted by Gasteiger charge is 2.17. The molecule has 148 valence electrons. The zero-order valence-electron chi connectivity index (χ0n) is 15.3. The molecule has 0 bridgehead atoms. The van der Waals surface area contributed by atoms with Crippen LogP contribution in [0, 0.1) is 0 Å². The van der Waals surface area contributed by atoms with E-state index in [1.165, 1.54) is 6.92 Å². The summed E-state index contributed by atoms with van der Waals surface area (Å²) in [6.07, 6.45) is 4.01. The van der Waals surface area contributed by atoms with Crippen molar-refractivity contribution in [1.29, 1.82) is 0 Å². The van der Waals surface area contributed by atoms with Gasteiger partial charge in [-0.05, 0) is 43.8 Å². The number of nitrogens with one attached hydrogen (secondary N) is 3. The van der Waals surface area contributed by atoms with Crippen molar-refractivity contribution in [2.24, 2.45) is 5.73 Å². The Hall–Kier alpha value is -2.03. The number of ketones is 1. The van der Waals surface area contributed by atoms with Crippen molar-refractivity contribution in [3.05, 3.63) is 12.0 Å². The lowest BCUT2D eigenvalue weighted by Crippen LogP contribution is -2.45. The summed E-state index contributed by atoms with van der Waals surface area (Å²) < 4.78 is 0. The van der Waals surface area contributed by atoms with Crippen LogP contribution in [-0.2, 0) is 14.4 Å². The summed E-state index contributed by atoms with van der Waals surface area (Å²) in [6.45, 7) is 5.18. The first-order chi connectivity index (χ1) is 12.4. The van der Waals surface area contributed by atoms with Gasteiger partial charge in [-0.25, -0.2) is 4.79 Å². The third kappa shape index (κ3) is 14.3. The number of nitrogens with two attached hydrogens (primary N) is 1. The summed E-state index contributed by atoms with van der Waals surface area (Å²) in [5.41, 5.74) is 4.95. The third-order valence-electron chi connectivity index (χ3n) is 3.52. The molecular formula is C17H30N4O4S. The van der Waals surface area contributed by atoms with Gasteiger partial charge in [0.15, 0.2) is 5.78 Å². The van der Waals surface area contributed by atoms with Crippen molar-refractivity contribution in [1.82, 2.24) is 16.0 Å². The van der Waals surface area contributed by atoms with E-state index in [0.717, 1.165) is 25.0 Å². The average Bonchev–Trinajstić information content (AvgIpc) is 2.58. The highest BCUT2D eigenvalue weighted by atomic mass is 32.2. The number of hydrogen-bond donors (Lipinski definition) is 4. The molecule has 0 aliphatic heterocycles. The summed E-state index contributed by atoms with van der Waals surface area (Å²) in [4.78, 5) is 45.7. The van der Waals surface area contributed by atoms with Crippen LogP contribution in [0.5, 0.6) is 0 Å². The fourth-order valence-electron chi connectivity index (χ4n) is 2.14. The van der Waals surface area contributed by atoms with Crippen LogP contribution in [0.25, 0.3) is 0 Å². The Labute approximate surface area is 159 Å². The molecule has 26 heavy (non-hydrogen) atoms. The molecule has 0 saturated carbocycles. The van der Waals surface area contributed by atoms with Crippen LogP contribution in [-0.4, -0.2) is 48.5 Å². The lowest BCUT2D eigenvalue weighted by Gasteiger charge is -2.16. The molecule has 0 saturated heterocycles. The summed E-state index contributed by atoms with van der Waals surface area (Å²) in [5.74, 6) is 0.223. The molecule has 0 aliphatic carbocycles. The first kappa shape index (κ1) is 24.0. The molecule has 0 aromatic carbocycles. The number of rotatable bonds is 15. The number of primary amides is 1. The summed E-state index contributed by atoms with van der Waals surface area (Å²) in [7, 11) is 0. The highest BCUT2D eigenvalue weighted by Crippen LogP contribution is 2.07. The van der Waals surface area contributed by atoms with Crippen molar-refractivity contribution in [2.45, 2.75) is 51.5 Å². The van der Waals surface area contributed by atoms with Crippen molar-refractivity contribution < 1.29 is 19.2 Å². The highest BCUT2D eigenvalue weighted by molar-refractivity contribution is 8.02. The maximum atomic E-state index is 11.9. The number of Topliss-reactive ketones (excluding diaryl/α,β-unsaturated/α-hetero) is 1. The van der Waals surface area contributed by atoms with Gasteiger partial charge < -0.3 is 21.7 Å². The lowest BCUT2D eigenvalue weighted by molar-refractivity contribution is -0.128. The number of thioether (sulfide) groups is 1. The van der Waals surface area contributed by atoms with E-state index in [1.54, 1.807) is 17.2 Å². The molecule has 4 amide bonds.